The Morgan fingerprint density at radius 1 is 1.58 bits per heavy atom. The summed E-state index contributed by atoms with van der Waals surface area (Å²) in [6.07, 6.45) is 1.91. The molecule has 2 aliphatic heterocycles. The van der Waals surface area contributed by atoms with E-state index in [1.54, 1.807) is 6.26 Å². The first kappa shape index (κ1) is 14.2. The Morgan fingerprint density at radius 2 is 2.21 bits per heavy atom. The summed E-state index contributed by atoms with van der Waals surface area (Å²) in [6.45, 7) is 9.25. The Balaban J connectivity index is 2.02. The number of nitrogens with zero attached hydrogens (tertiary/aromatic N) is 1. The van der Waals surface area contributed by atoms with E-state index in [2.05, 4.69) is 5.32 Å². The van der Waals surface area contributed by atoms with Crippen LogP contribution in [0, 0.1) is 11.3 Å². The largest absolute Gasteiger partial charge is 0.440 e. The number of hydrogen-bond acceptors (Lipinski definition) is 4. The Morgan fingerprint density at radius 3 is 2.68 bits per heavy atom. The molecule has 0 aromatic heterocycles. The standard InChI is InChI=1S/C14H24N2O3/c1-9(2)12(15-11-7-19-11)13(18)16-6-5-10(17)14(3,4)8-16/h7,9-10,12,15,17H,5-6,8H2,1-4H3/t10-,12-/m1/s1. The zero-order valence-corrected chi connectivity index (χ0v) is 12.1. The number of carbonyl (C=O) groups is 1. The summed E-state index contributed by atoms with van der Waals surface area (Å²) in [5, 5.41) is 13.1. The molecule has 0 radical (unpaired) electrons. The minimum Gasteiger partial charge on any atom is -0.440 e. The molecular formula is C14H24N2O3. The lowest BCUT2D eigenvalue weighted by molar-refractivity contribution is -0.141. The van der Waals surface area contributed by atoms with Crippen LogP contribution in [0.25, 0.3) is 0 Å². The van der Waals surface area contributed by atoms with Gasteiger partial charge in [0.15, 0.2) is 6.26 Å². The summed E-state index contributed by atoms with van der Waals surface area (Å²) < 4.78 is 4.95. The number of carbonyl (C=O) groups excluding carboxylic acids is 1. The van der Waals surface area contributed by atoms with Crippen molar-refractivity contribution < 1.29 is 14.6 Å². The van der Waals surface area contributed by atoms with Crippen LogP contribution in [-0.2, 0) is 9.53 Å². The zero-order chi connectivity index (χ0) is 14.2. The van der Waals surface area contributed by atoms with Crippen LogP contribution in [0.3, 0.4) is 0 Å². The van der Waals surface area contributed by atoms with E-state index in [0.29, 0.717) is 25.4 Å². The summed E-state index contributed by atoms with van der Waals surface area (Å²) in [5.41, 5.74) is -0.245. The first-order valence-corrected chi connectivity index (χ1v) is 6.91. The number of aliphatic hydroxyl groups excluding tert-OH is 1. The molecule has 0 bridgehead atoms. The molecule has 2 N–H and O–H groups in total. The van der Waals surface area contributed by atoms with Crippen molar-refractivity contribution in [1.82, 2.24) is 10.2 Å². The molecule has 0 spiro atoms. The summed E-state index contributed by atoms with van der Waals surface area (Å²) in [4.78, 5) is 14.5. The van der Waals surface area contributed by atoms with Gasteiger partial charge < -0.3 is 20.1 Å². The van der Waals surface area contributed by atoms with Gasteiger partial charge in [-0.1, -0.05) is 27.7 Å². The molecule has 2 rings (SSSR count). The van der Waals surface area contributed by atoms with Gasteiger partial charge in [-0.05, 0) is 12.3 Å². The number of nitrogens with one attached hydrogen (secondary N) is 1. The van der Waals surface area contributed by atoms with E-state index in [4.69, 9.17) is 4.74 Å². The number of ether oxygens (including phenoxy) is 1. The average molecular weight is 268 g/mol. The predicted molar refractivity (Wildman–Crippen MR) is 71.9 cm³/mol. The van der Waals surface area contributed by atoms with Gasteiger partial charge >= 0.3 is 0 Å². The third-order valence-electron chi connectivity index (χ3n) is 3.95. The molecule has 1 fully saturated rings. The molecule has 0 aromatic carbocycles. The lowest BCUT2D eigenvalue weighted by Gasteiger charge is -2.43. The quantitative estimate of drug-likeness (QED) is 0.800. The van der Waals surface area contributed by atoms with Crippen LogP contribution >= 0.6 is 0 Å². The second-order valence-corrected chi connectivity index (χ2v) is 6.52. The highest BCUT2D eigenvalue weighted by Gasteiger charge is 2.39. The number of hydrogen-bond donors (Lipinski definition) is 2. The molecule has 2 atom stereocenters. The van der Waals surface area contributed by atoms with Crippen molar-refractivity contribution in [3.8, 4) is 0 Å². The van der Waals surface area contributed by atoms with E-state index in [1.165, 1.54) is 0 Å². The molecule has 1 amide bonds. The first-order valence-electron chi connectivity index (χ1n) is 6.91. The van der Waals surface area contributed by atoms with Gasteiger partial charge in [0.05, 0.1) is 6.10 Å². The fraction of sp³-hybridized carbons (Fsp3) is 0.786. The van der Waals surface area contributed by atoms with Gasteiger partial charge in [-0.2, -0.15) is 0 Å². The Labute approximate surface area is 114 Å². The third kappa shape index (κ3) is 3.21. The molecule has 19 heavy (non-hydrogen) atoms. The third-order valence-corrected chi connectivity index (χ3v) is 3.95. The second kappa shape index (κ2) is 5.04. The zero-order valence-electron chi connectivity index (χ0n) is 12.1. The predicted octanol–water partition coefficient (Wildman–Crippen LogP) is 1.05. The van der Waals surface area contributed by atoms with E-state index in [0.717, 1.165) is 0 Å². The number of piperidine rings is 1. The van der Waals surface area contributed by atoms with E-state index in [9.17, 15) is 9.90 Å². The van der Waals surface area contributed by atoms with Gasteiger partial charge in [0.1, 0.15) is 6.04 Å². The minimum atomic E-state index is -0.337. The monoisotopic (exact) mass is 268 g/mol. The summed E-state index contributed by atoms with van der Waals surface area (Å²) >= 11 is 0. The molecule has 5 nitrogen and oxygen atoms in total. The van der Waals surface area contributed by atoms with Gasteiger partial charge in [0.25, 0.3) is 0 Å². The molecule has 2 heterocycles. The maximum atomic E-state index is 12.6. The molecule has 108 valence electrons. The van der Waals surface area contributed by atoms with E-state index >= 15 is 0 Å². The number of likely N-dealkylation sites (tertiary alicyclic amines) is 1. The van der Waals surface area contributed by atoms with Crippen molar-refractivity contribution in [1.29, 1.82) is 0 Å². The van der Waals surface area contributed by atoms with Gasteiger partial charge in [0.2, 0.25) is 11.8 Å². The highest BCUT2D eigenvalue weighted by molar-refractivity contribution is 5.82. The van der Waals surface area contributed by atoms with Gasteiger partial charge in [-0.3, -0.25) is 4.79 Å². The maximum Gasteiger partial charge on any atom is 0.245 e. The fourth-order valence-corrected chi connectivity index (χ4v) is 2.49. The van der Waals surface area contributed by atoms with Gasteiger partial charge in [-0.25, -0.2) is 0 Å². The van der Waals surface area contributed by atoms with E-state index in [1.807, 2.05) is 32.6 Å². The highest BCUT2D eigenvalue weighted by atomic mass is 16.6. The maximum absolute atomic E-state index is 12.6. The van der Waals surface area contributed by atoms with Crippen LogP contribution in [0.15, 0.2) is 12.1 Å². The Hall–Kier alpha value is -1.23. The lowest BCUT2D eigenvalue weighted by atomic mass is 9.81. The first-order chi connectivity index (χ1) is 8.81. The van der Waals surface area contributed by atoms with Crippen molar-refractivity contribution in [2.45, 2.75) is 46.3 Å². The van der Waals surface area contributed by atoms with Crippen molar-refractivity contribution in [2.75, 3.05) is 13.1 Å². The van der Waals surface area contributed by atoms with Crippen LogP contribution in [0.5, 0.6) is 0 Å². The fourth-order valence-electron chi connectivity index (χ4n) is 2.49. The van der Waals surface area contributed by atoms with Crippen LogP contribution in [-0.4, -0.2) is 41.1 Å². The molecule has 0 aliphatic carbocycles. The Kier molecular flexibility index (Phi) is 3.76. The van der Waals surface area contributed by atoms with Gasteiger partial charge in [-0.15, -0.1) is 0 Å². The normalized spacial score (nSPS) is 26.5. The smallest absolute Gasteiger partial charge is 0.245 e. The molecule has 0 unspecified atom stereocenters. The molecule has 1 saturated heterocycles. The number of rotatable bonds is 4. The topological polar surface area (TPSA) is 65.1 Å². The molecule has 5 heteroatoms. The number of amides is 1. The number of aliphatic hydroxyl groups is 1. The molecular weight excluding hydrogens is 244 g/mol. The van der Waals surface area contributed by atoms with Crippen LogP contribution in [0.2, 0.25) is 0 Å². The summed E-state index contributed by atoms with van der Waals surface area (Å²) in [5.74, 6) is 0.960. The van der Waals surface area contributed by atoms with E-state index < -0.39 is 0 Å². The van der Waals surface area contributed by atoms with Crippen molar-refractivity contribution in [3.63, 3.8) is 0 Å². The van der Waals surface area contributed by atoms with Gasteiger partial charge in [0, 0.05) is 18.5 Å². The average Bonchev–Trinajstić information content (AvgIpc) is 3.12. The lowest BCUT2D eigenvalue weighted by Crippen LogP contribution is -2.56. The Bertz CT molecular complexity index is 390. The van der Waals surface area contributed by atoms with Crippen molar-refractivity contribution in [3.05, 3.63) is 12.1 Å². The minimum absolute atomic E-state index is 0.0892. The highest BCUT2D eigenvalue weighted by Crippen LogP contribution is 2.30. The van der Waals surface area contributed by atoms with Crippen LogP contribution in [0.4, 0.5) is 0 Å². The van der Waals surface area contributed by atoms with Crippen molar-refractivity contribution in [2.24, 2.45) is 11.3 Å². The molecule has 0 saturated carbocycles. The second-order valence-electron chi connectivity index (χ2n) is 6.52. The molecule has 2 aliphatic rings. The summed E-state index contributed by atoms with van der Waals surface area (Å²) in [6, 6.07) is -0.264. The molecule has 0 aromatic rings. The van der Waals surface area contributed by atoms with Crippen molar-refractivity contribution >= 4 is 5.91 Å². The summed E-state index contributed by atoms with van der Waals surface area (Å²) in [7, 11) is 0. The SMILES string of the molecule is CC(C)[C@@H](NC1=CO1)C(=O)N1CC[C@@H](O)C(C)(C)C1. The van der Waals surface area contributed by atoms with Crippen LogP contribution in [0.1, 0.15) is 34.1 Å². The van der Waals surface area contributed by atoms with E-state index in [-0.39, 0.29) is 29.4 Å². The van der Waals surface area contributed by atoms with Crippen LogP contribution < -0.4 is 5.32 Å².